The number of thioether (sulfide) groups is 1. The van der Waals surface area contributed by atoms with Crippen molar-refractivity contribution in [1.29, 1.82) is 0 Å². The molecule has 3 rings (SSSR count). The first-order valence-electron chi connectivity index (χ1n) is 8.82. The van der Waals surface area contributed by atoms with E-state index in [9.17, 15) is 14.4 Å². The fraction of sp³-hybridized carbons (Fsp3) is 0.150. The number of benzene rings is 2. The Balaban J connectivity index is 1.67. The second kappa shape index (κ2) is 10.1. The Morgan fingerprint density at radius 2 is 1.97 bits per heavy atom. The summed E-state index contributed by atoms with van der Waals surface area (Å²) >= 11 is 6.82. The summed E-state index contributed by atoms with van der Waals surface area (Å²) in [4.78, 5) is 34.7. The van der Waals surface area contributed by atoms with E-state index in [0.29, 0.717) is 21.9 Å². The Kier molecular flexibility index (Phi) is 7.27. The molecular formula is C20H16ClN3O6S. The molecule has 1 aliphatic rings. The largest absolute Gasteiger partial charge is 0.493 e. The minimum absolute atomic E-state index is 0.216. The maximum absolute atomic E-state index is 12.3. The van der Waals surface area contributed by atoms with Crippen LogP contribution >= 0.6 is 23.4 Å². The summed E-state index contributed by atoms with van der Waals surface area (Å²) in [6.45, 7) is 0. The topological polar surface area (TPSA) is 127 Å². The number of hydrogen-bond acceptors (Lipinski definition) is 8. The number of esters is 1. The van der Waals surface area contributed by atoms with Crippen molar-refractivity contribution in [2.45, 2.75) is 11.7 Å². The van der Waals surface area contributed by atoms with Crippen LogP contribution < -0.4 is 14.8 Å². The fourth-order valence-electron chi connectivity index (χ4n) is 2.49. The van der Waals surface area contributed by atoms with Gasteiger partial charge in [0.1, 0.15) is 5.25 Å². The first-order valence-corrected chi connectivity index (χ1v) is 10.1. The van der Waals surface area contributed by atoms with Crippen molar-refractivity contribution in [2.75, 3.05) is 7.11 Å². The standard InChI is InChI=1S/C20H16ClN3O6S/c1-29-15-8-11(10-22-24-20-23-18(27)16(31-20)9-17(25)26)2-7-14(15)30-19(28)12-3-5-13(21)6-4-12/h2-8,10,16H,9H2,1H3,(H,25,26)(H,23,24,27)/b22-10+. The summed E-state index contributed by atoms with van der Waals surface area (Å²) in [5, 5.41) is 19.0. The Labute approximate surface area is 186 Å². The average Bonchev–Trinajstić information content (AvgIpc) is 3.07. The lowest BCUT2D eigenvalue weighted by Gasteiger charge is -2.10. The van der Waals surface area contributed by atoms with Crippen LogP contribution in [0.2, 0.25) is 5.02 Å². The molecule has 0 saturated carbocycles. The van der Waals surface area contributed by atoms with Crippen LogP contribution in [-0.4, -0.2) is 46.7 Å². The van der Waals surface area contributed by atoms with Crippen LogP contribution in [0.5, 0.6) is 11.5 Å². The monoisotopic (exact) mass is 461 g/mol. The molecule has 1 saturated heterocycles. The number of rotatable bonds is 7. The highest BCUT2D eigenvalue weighted by molar-refractivity contribution is 8.15. The van der Waals surface area contributed by atoms with Crippen molar-refractivity contribution in [3.8, 4) is 11.5 Å². The van der Waals surface area contributed by atoms with Gasteiger partial charge in [0.2, 0.25) is 5.91 Å². The molecule has 31 heavy (non-hydrogen) atoms. The molecule has 0 bridgehead atoms. The maximum atomic E-state index is 12.3. The zero-order chi connectivity index (χ0) is 22.4. The number of ether oxygens (including phenoxy) is 2. The highest BCUT2D eigenvalue weighted by Gasteiger charge is 2.32. The van der Waals surface area contributed by atoms with Gasteiger partial charge in [0.05, 0.1) is 25.3 Å². The molecule has 0 aromatic heterocycles. The van der Waals surface area contributed by atoms with Crippen molar-refractivity contribution in [3.63, 3.8) is 0 Å². The van der Waals surface area contributed by atoms with E-state index in [1.54, 1.807) is 42.5 Å². The third kappa shape index (κ3) is 6.06. The zero-order valence-electron chi connectivity index (χ0n) is 16.1. The highest BCUT2D eigenvalue weighted by Crippen LogP contribution is 2.28. The van der Waals surface area contributed by atoms with Gasteiger partial charge in [-0.3, -0.25) is 9.59 Å². The second-order valence-corrected chi connectivity index (χ2v) is 7.78. The van der Waals surface area contributed by atoms with E-state index >= 15 is 0 Å². The summed E-state index contributed by atoms with van der Waals surface area (Å²) in [5.74, 6) is -1.52. The Hall–Kier alpha value is -3.37. The number of carboxylic acids is 1. The summed E-state index contributed by atoms with van der Waals surface area (Å²) in [7, 11) is 1.43. The van der Waals surface area contributed by atoms with Crippen molar-refractivity contribution in [1.82, 2.24) is 5.32 Å². The van der Waals surface area contributed by atoms with Crippen LogP contribution in [-0.2, 0) is 9.59 Å². The van der Waals surface area contributed by atoms with Gasteiger partial charge in [0.15, 0.2) is 16.7 Å². The molecule has 0 radical (unpaired) electrons. The lowest BCUT2D eigenvalue weighted by Crippen LogP contribution is -2.26. The average molecular weight is 462 g/mol. The molecule has 1 heterocycles. The van der Waals surface area contributed by atoms with E-state index in [1.165, 1.54) is 13.3 Å². The SMILES string of the molecule is COc1cc(/C=N/N=C2\NC(=O)C(CC(=O)O)S2)ccc1OC(=O)c1ccc(Cl)cc1. The van der Waals surface area contributed by atoms with Crippen LogP contribution in [0.25, 0.3) is 0 Å². The number of carboxylic acid groups (broad SMARTS) is 1. The first kappa shape index (κ1) is 22.3. The van der Waals surface area contributed by atoms with E-state index in [1.807, 2.05) is 0 Å². The smallest absolute Gasteiger partial charge is 0.343 e. The van der Waals surface area contributed by atoms with Gasteiger partial charge < -0.3 is 19.9 Å². The molecule has 11 heteroatoms. The van der Waals surface area contributed by atoms with Gasteiger partial charge in [0.25, 0.3) is 0 Å². The maximum Gasteiger partial charge on any atom is 0.343 e. The first-order chi connectivity index (χ1) is 14.9. The molecule has 1 unspecified atom stereocenters. The number of nitrogens with one attached hydrogen (secondary N) is 1. The Morgan fingerprint density at radius 1 is 1.23 bits per heavy atom. The fourth-order valence-corrected chi connectivity index (χ4v) is 3.53. The predicted octanol–water partition coefficient (Wildman–Crippen LogP) is 2.96. The highest BCUT2D eigenvalue weighted by atomic mass is 35.5. The second-order valence-electron chi connectivity index (χ2n) is 6.15. The quantitative estimate of drug-likeness (QED) is 0.281. The molecule has 1 atom stereocenters. The third-order valence-corrected chi connectivity index (χ3v) is 5.29. The van der Waals surface area contributed by atoms with Gasteiger partial charge in [-0.05, 0) is 48.0 Å². The number of amidine groups is 1. The number of aliphatic carboxylic acids is 1. The molecule has 1 amide bonds. The number of halogens is 1. The van der Waals surface area contributed by atoms with Gasteiger partial charge in [-0.1, -0.05) is 23.4 Å². The van der Waals surface area contributed by atoms with E-state index in [2.05, 4.69) is 15.5 Å². The van der Waals surface area contributed by atoms with Crippen molar-refractivity contribution < 1.29 is 29.0 Å². The van der Waals surface area contributed by atoms with Gasteiger partial charge in [0, 0.05) is 5.02 Å². The minimum atomic E-state index is -1.07. The number of nitrogens with zero attached hydrogens (tertiary/aromatic N) is 2. The van der Waals surface area contributed by atoms with Crippen LogP contribution in [0.4, 0.5) is 0 Å². The van der Waals surface area contributed by atoms with Gasteiger partial charge in [-0.2, -0.15) is 5.10 Å². The van der Waals surface area contributed by atoms with E-state index < -0.39 is 23.1 Å². The molecule has 0 spiro atoms. The molecule has 9 nitrogen and oxygen atoms in total. The van der Waals surface area contributed by atoms with E-state index in [4.69, 9.17) is 26.2 Å². The molecular weight excluding hydrogens is 446 g/mol. The Bertz CT molecular complexity index is 1070. The predicted molar refractivity (Wildman–Crippen MR) is 116 cm³/mol. The molecule has 1 fully saturated rings. The number of amides is 1. The lowest BCUT2D eigenvalue weighted by atomic mass is 10.2. The van der Waals surface area contributed by atoms with Gasteiger partial charge in [-0.15, -0.1) is 5.10 Å². The number of carbonyl (C=O) groups is 3. The van der Waals surface area contributed by atoms with Gasteiger partial charge in [-0.25, -0.2) is 4.79 Å². The van der Waals surface area contributed by atoms with E-state index in [0.717, 1.165) is 11.8 Å². The van der Waals surface area contributed by atoms with Crippen LogP contribution in [0.3, 0.4) is 0 Å². The lowest BCUT2D eigenvalue weighted by molar-refractivity contribution is -0.138. The summed E-state index contributed by atoms with van der Waals surface area (Å²) < 4.78 is 10.7. The summed E-state index contributed by atoms with van der Waals surface area (Å²) in [6, 6.07) is 11.1. The Morgan fingerprint density at radius 3 is 2.65 bits per heavy atom. The minimum Gasteiger partial charge on any atom is -0.493 e. The molecule has 160 valence electrons. The number of carbonyl (C=O) groups excluding carboxylic acids is 2. The molecule has 2 N–H and O–H groups in total. The molecule has 0 aliphatic carbocycles. The zero-order valence-corrected chi connectivity index (χ0v) is 17.6. The molecule has 2 aromatic rings. The number of hydrogen-bond donors (Lipinski definition) is 2. The molecule has 1 aliphatic heterocycles. The van der Waals surface area contributed by atoms with Crippen molar-refractivity contribution >= 4 is 52.6 Å². The van der Waals surface area contributed by atoms with E-state index in [-0.39, 0.29) is 17.3 Å². The summed E-state index contributed by atoms with van der Waals surface area (Å²) in [6.07, 6.45) is 1.12. The third-order valence-electron chi connectivity index (χ3n) is 3.96. The molecule has 2 aromatic carbocycles. The summed E-state index contributed by atoms with van der Waals surface area (Å²) in [5.41, 5.74) is 0.939. The van der Waals surface area contributed by atoms with Crippen molar-refractivity contribution in [2.24, 2.45) is 10.2 Å². The normalized spacial score (nSPS) is 17.0. The van der Waals surface area contributed by atoms with Crippen LogP contribution in [0.1, 0.15) is 22.3 Å². The van der Waals surface area contributed by atoms with Crippen LogP contribution in [0, 0.1) is 0 Å². The van der Waals surface area contributed by atoms with Gasteiger partial charge >= 0.3 is 11.9 Å². The van der Waals surface area contributed by atoms with Crippen molar-refractivity contribution in [3.05, 3.63) is 58.6 Å². The van der Waals surface area contributed by atoms with Crippen LogP contribution in [0.15, 0.2) is 52.7 Å². The number of methoxy groups -OCH3 is 1.